The third-order valence-electron chi connectivity index (χ3n) is 10.1. The lowest BCUT2D eigenvalue weighted by Gasteiger charge is -2.47. The highest BCUT2D eigenvalue weighted by molar-refractivity contribution is 7.89. The van der Waals surface area contributed by atoms with Crippen LogP contribution in [0.15, 0.2) is 48.5 Å². The van der Waals surface area contributed by atoms with E-state index in [9.17, 15) is 64.8 Å². The summed E-state index contributed by atoms with van der Waals surface area (Å²) in [6.45, 7) is -0.174. The first-order valence-electron chi connectivity index (χ1n) is 19.8. The van der Waals surface area contributed by atoms with Crippen molar-refractivity contribution in [3.05, 3.63) is 59.7 Å². The molecule has 4 rings (SSSR count). The molecule has 0 radical (unpaired) electrons. The summed E-state index contributed by atoms with van der Waals surface area (Å²) >= 11 is 0. The van der Waals surface area contributed by atoms with Crippen LogP contribution in [0, 0.1) is 0 Å². The third-order valence-corrected chi connectivity index (χ3v) is 11.5. The van der Waals surface area contributed by atoms with E-state index in [1.165, 1.54) is 6.07 Å². The molecule has 344 valence electrons. The van der Waals surface area contributed by atoms with E-state index in [1.54, 1.807) is 0 Å². The number of alkyl halides is 6. The van der Waals surface area contributed by atoms with E-state index in [4.69, 9.17) is 14.2 Å². The van der Waals surface area contributed by atoms with E-state index in [2.05, 4.69) is 32.9 Å². The number of anilines is 2. The Morgan fingerprint density at radius 2 is 1.28 bits per heavy atom. The van der Waals surface area contributed by atoms with Gasteiger partial charge in [0, 0.05) is 11.4 Å². The molecule has 2 fully saturated rings. The fourth-order valence-electron chi connectivity index (χ4n) is 6.90. The van der Waals surface area contributed by atoms with Crippen LogP contribution in [0.1, 0.15) is 69.4 Å². The van der Waals surface area contributed by atoms with Crippen molar-refractivity contribution in [3.8, 4) is 0 Å². The zero-order valence-electron chi connectivity index (χ0n) is 33.1. The minimum Gasteiger partial charge on any atom is -0.394 e. The molecule has 0 bridgehead atoms. The number of halogens is 6. The van der Waals surface area contributed by atoms with Gasteiger partial charge < -0.3 is 55.9 Å². The maximum Gasteiger partial charge on any atom is 0.416 e. The normalized spacial score (nSPS) is 26.0. The minimum atomic E-state index is -4.76. The molecule has 23 heteroatoms. The number of carbonyl (C=O) groups is 2. The molecule has 2 aliphatic heterocycles. The van der Waals surface area contributed by atoms with Crippen molar-refractivity contribution in [2.75, 3.05) is 36.2 Å². The van der Waals surface area contributed by atoms with E-state index < -0.39 is 120 Å². The van der Waals surface area contributed by atoms with Gasteiger partial charge in [-0.3, -0.25) is 0 Å². The summed E-state index contributed by atoms with van der Waals surface area (Å²) in [6.07, 6.45) is -13.2. The Balaban J connectivity index is 1.62. The molecule has 2 aliphatic rings. The lowest BCUT2D eigenvalue weighted by Crippen LogP contribution is -2.70. The molecule has 0 saturated carbocycles. The highest BCUT2D eigenvalue weighted by Gasteiger charge is 2.51. The maximum atomic E-state index is 13.5. The number of sulfonamides is 1. The second kappa shape index (κ2) is 22.5. The molecule has 2 aromatic carbocycles. The Morgan fingerprint density at radius 1 is 0.754 bits per heavy atom. The van der Waals surface area contributed by atoms with Crippen LogP contribution in [0.2, 0.25) is 0 Å². The van der Waals surface area contributed by atoms with Crippen LogP contribution in [0.5, 0.6) is 0 Å². The number of carbonyl (C=O) groups excluding carboxylic acids is 2. The SMILES string of the molecule is CCCCCCCCCCS(=O)(=O)N[C@@H]1[C@H](O[C@@H]2O[C@H](CO)[C@@H](O)[C@H](O)[C@H]2NC(=O)Nc2cccc(C(F)(F)F)c2)[C@@H](NC(=O)Nc2cccc(C(F)(F)F)c2)CO[C@@H]1CO. The quantitative estimate of drug-likeness (QED) is 0.0721. The van der Waals surface area contributed by atoms with Crippen LogP contribution in [0.3, 0.4) is 0 Å². The molecule has 9 N–H and O–H groups in total. The van der Waals surface area contributed by atoms with Crippen LogP contribution >= 0.6 is 0 Å². The molecule has 16 nitrogen and oxygen atoms in total. The fraction of sp³-hybridized carbons (Fsp3) is 0.632. The van der Waals surface area contributed by atoms with E-state index >= 15 is 0 Å². The van der Waals surface area contributed by atoms with Crippen molar-refractivity contribution in [1.29, 1.82) is 0 Å². The molecule has 2 aromatic rings. The van der Waals surface area contributed by atoms with Crippen molar-refractivity contribution >= 4 is 33.5 Å². The van der Waals surface area contributed by atoms with Crippen LogP contribution in [-0.4, -0.2) is 121 Å². The smallest absolute Gasteiger partial charge is 0.394 e. The average molecular weight is 902 g/mol. The summed E-state index contributed by atoms with van der Waals surface area (Å²) in [6, 6.07) is 0.0365. The number of benzene rings is 2. The Kier molecular flexibility index (Phi) is 18.4. The van der Waals surface area contributed by atoms with Crippen molar-refractivity contribution < 1.29 is 79.0 Å². The predicted octanol–water partition coefficient (Wildman–Crippen LogP) is 4.05. The number of aliphatic hydroxyl groups excluding tert-OH is 4. The van der Waals surface area contributed by atoms with E-state index in [-0.39, 0.29) is 23.5 Å². The number of hydrogen-bond acceptors (Lipinski definition) is 11. The van der Waals surface area contributed by atoms with Crippen LogP contribution < -0.4 is 26.0 Å². The molecule has 2 saturated heterocycles. The molecule has 0 spiro atoms. The molecule has 0 unspecified atom stereocenters. The Morgan fingerprint density at radius 3 is 1.80 bits per heavy atom. The average Bonchev–Trinajstić information content (AvgIpc) is 3.19. The predicted molar refractivity (Wildman–Crippen MR) is 208 cm³/mol. The van der Waals surface area contributed by atoms with Gasteiger partial charge in [-0.05, 0) is 42.8 Å². The molecule has 0 aromatic heterocycles. The molecule has 2 heterocycles. The fourth-order valence-corrected chi connectivity index (χ4v) is 8.30. The number of rotatable bonds is 19. The summed E-state index contributed by atoms with van der Waals surface area (Å²) in [5, 5.41) is 51.3. The third kappa shape index (κ3) is 14.9. The Bertz CT molecular complexity index is 1830. The number of hydrogen-bond donors (Lipinski definition) is 9. The van der Waals surface area contributed by atoms with E-state index in [0.29, 0.717) is 18.6 Å². The topological polar surface area (TPSA) is 237 Å². The van der Waals surface area contributed by atoms with Gasteiger partial charge in [0.15, 0.2) is 6.29 Å². The highest BCUT2D eigenvalue weighted by atomic mass is 32.2. The van der Waals surface area contributed by atoms with E-state index in [0.717, 1.165) is 68.9 Å². The van der Waals surface area contributed by atoms with Gasteiger partial charge in [0.1, 0.15) is 30.5 Å². The van der Waals surface area contributed by atoms with Gasteiger partial charge in [0.05, 0.1) is 54.9 Å². The number of amides is 4. The van der Waals surface area contributed by atoms with Crippen molar-refractivity contribution in [2.45, 2.75) is 126 Å². The lowest BCUT2D eigenvalue weighted by atomic mass is 9.94. The van der Waals surface area contributed by atoms with Gasteiger partial charge >= 0.3 is 24.4 Å². The molecule has 0 aliphatic carbocycles. The number of urea groups is 2. The Hall–Kier alpha value is -3.81. The number of nitrogens with one attached hydrogen (secondary N) is 5. The highest BCUT2D eigenvalue weighted by Crippen LogP contribution is 2.33. The number of ether oxygens (including phenoxy) is 3. The van der Waals surface area contributed by atoms with Gasteiger partial charge in [0.2, 0.25) is 10.0 Å². The minimum absolute atomic E-state index is 0.244. The van der Waals surface area contributed by atoms with Crippen molar-refractivity contribution in [3.63, 3.8) is 0 Å². The van der Waals surface area contributed by atoms with Gasteiger partial charge in [-0.15, -0.1) is 0 Å². The van der Waals surface area contributed by atoms with Crippen LogP contribution in [0.25, 0.3) is 0 Å². The Labute approximate surface area is 348 Å². The van der Waals surface area contributed by atoms with Crippen molar-refractivity contribution in [1.82, 2.24) is 15.4 Å². The lowest BCUT2D eigenvalue weighted by molar-refractivity contribution is -0.293. The number of unbranched alkanes of at least 4 members (excludes halogenated alkanes) is 7. The first kappa shape index (κ1) is 49.8. The van der Waals surface area contributed by atoms with Gasteiger partial charge in [-0.1, -0.05) is 64.0 Å². The molecular weight excluding hydrogens is 848 g/mol. The summed E-state index contributed by atoms with van der Waals surface area (Å²) in [7, 11) is -4.22. The number of aliphatic hydroxyl groups is 4. The standard InChI is InChI=1S/C38H53F6N5O11S/c1-2-3-4-5-6-7-8-9-16-61(56,57)49-29-27(19-50)58-21-26(47-35(54)45-24-14-10-12-22(17-24)37(39,40)41)33(29)60-34-30(32(53)31(52)28(20-51)59-34)48-36(55)46-25-15-11-13-23(18-25)38(42,43)44/h10-15,17-18,26-34,49-53H,2-9,16,19-21H2,1H3,(H2,45,47,54)(H2,46,48,55)/t26-,27+,28+,29-,30+,31+,32+,33+,34-/m0/s1. The first-order valence-corrected chi connectivity index (χ1v) is 21.4. The van der Waals surface area contributed by atoms with E-state index in [1.807, 2.05) is 0 Å². The van der Waals surface area contributed by atoms with Crippen molar-refractivity contribution in [2.24, 2.45) is 0 Å². The summed E-state index contributed by atoms with van der Waals surface area (Å²) in [5.74, 6) is -0.380. The summed E-state index contributed by atoms with van der Waals surface area (Å²) in [4.78, 5) is 26.5. The molecule has 9 atom stereocenters. The second-order valence-corrected chi connectivity index (χ2v) is 16.7. The summed E-state index contributed by atoms with van der Waals surface area (Å²) < 4.78 is 127. The zero-order chi connectivity index (χ0) is 45.0. The summed E-state index contributed by atoms with van der Waals surface area (Å²) in [5.41, 5.74) is -2.79. The van der Waals surface area contributed by atoms with Gasteiger partial charge in [-0.25, -0.2) is 22.7 Å². The first-order chi connectivity index (χ1) is 28.8. The van der Waals surface area contributed by atoms with Crippen LogP contribution in [0.4, 0.5) is 47.3 Å². The van der Waals surface area contributed by atoms with Gasteiger partial charge in [0.25, 0.3) is 0 Å². The molecular formula is C38H53F6N5O11S. The molecule has 4 amide bonds. The monoisotopic (exact) mass is 901 g/mol. The zero-order valence-corrected chi connectivity index (χ0v) is 33.9. The van der Waals surface area contributed by atoms with Gasteiger partial charge in [-0.2, -0.15) is 26.3 Å². The largest absolute Gasteiger partial charge is 0.416 e. The second-order valence-electron chi connectivity index (χ2n) is 14.8. The van der Waals surface area contributed by atoms with Crippen LogP contribution in [-0.2, 0) is 36.6 Å². The maximum absolute atomic E-state index is 13.5. The molecule has 61 heavy (non-hydrogen) atoms.